The average Bonchev–Trinajstić information content (AvgIpc) is 2.19. The van der Waals surface area contributed by atoms with Crippen molar-refractivity contribution in [3.63, 3.8) is 0 Å². The number of carboxylic acid groups (broad SMARTS) is 1. The number of nitrogens with zero attached hydrogens (tertiary/aromatic N) is 1. The second-order valence-electron chi connectivity index (χ2n) is 2.97. The fraction of sp³-hybridized carbons (Fsp3) is 0.333. The Balaban J connectivity index is 3.32. The summed E-state index contributed by atoms with van der Waals surface area (Å²) in [4.78, 5) is 14.3. The highest BCUT2D eigenvalue weighted by atomic mass is 79.9. The molecule has 0 radical (unpaired) electrons. The van der Waals surface area contributed by atoms with Crippen LogP contribution in [0, 0.1) is 0 Å². The van der Waals surface area contributed by atoms with E-state index in [1.54, 1.807) is 0 Å². The molecule has 0 aliphatic carbocycles. The van der Waals surface area contributed by atoms with Crippen LogP contribution in [0.5, 0.6) is 0 Å². The highest BCUT2D eigenvalue weighted by Gasteiger charge is 2.20. The van der Waals surface area contributed by atoms with Crippen molar-refractivity contribution in [3.8, 4) is 0 Å². The molecule has 0 unspecified atom stereocenters. The first-order valence-electron chi connectivity index (χ1n) is 4.19. The minimum Gasteiger partial charge on any atom is -0.481 e. The molecule has 0 bridgehead atoms. The molecule has 0 aliphatic heterocycles. The topological polar surface area (TPSA) is 50.2 Å². The third kappa shape index (κ3) is 2.89. The van der Waals surface area contributed by atoms with Gasteiger partial charge in [-0.25, -0.2) is 13.8 Å². The summed E-state index contributed by atoms with van der Waals surface area (Å²) in [6.45, 7) is 0. The highest BCUT2D eigenvalue weighted by molar-refractivity contribution is 9.10. The maximum Gasteiger partial charge on any atom is 0.307 e. The van der Waals surface area contributed by atoms with Gasteiger partial charge in [0.15, 0.2) is 0 Å². The van der Waals surface area contributed by atoms with Gasteiger partial charge in [0.05, 0.1) is 6.42 Å². The van der Waals surface area contributed by atoms with Crippen molar-refractivity contribution in [2.24, 2.45) is 0 Å². The number of hydrogen-bond donors (Lipinski definition) is 1. The Labute approximate surface area is 104 Å². The third-order valence-corrected chi connectivity index (χ3v) is 2.93. The van der Waals surface area contributed by atoms with Gasteiger partial charge in [0, 0.05) is 23.2 Å². The molecule has 1 N–H and O–H groups in total. The van der Waals surface area contributed by atoms with Crippen LogP contribution in [-0.2, 0) is 17.1 Å². The van der Waals surface area contributed by atoms with Gasteiger partial charge in [-0.2, -0.15) is 0 Å². The van der Waals surface area contributed by atoms with E-state index in [0.717, 1.165) is 6.20 Å². The molecule has 0 saturated carbocycles. The number of rotatable bonds is 4. The van der Waals surface area contributed by atoms with Gasteiger partial charge >= 0.3 is 5.97 Å². The third-order valence-electron chi connectivity index (χ3n) is 1.98. The Morgan fingerprint density at radius 2 is 2.19 bits per heavy atom. The Kier molecular flexibility index (Phi) is 4.61. The van der Waals surface area contributed by atoms with Crippen LogP contribution in [0.4, 0.5) is 8.78 Å². The Hall–Kier alpha value is -0.750. The van der Waals surface area contributed by atoms with E-state index in [0.29, 0.717) is 0 Å². The van der Waals surface area contributed by atoms with Crippen LogP contribution in [-0.4, -0.2) is 16.1 Å². The van der Waals surface area contributed by atoms with Crippen molar-refractivity contribution in [2.75, 3.05) is 0 Å². The van der Waals surface area contributed by atoms with Gasteiger partial charge in [-0.15, -0.1) is 11.6 Å². The molecular formula is C9H7BrClF2NO2. The molecule has 0 saturated heterocycles. The van der Waals surface area contributed by atoms with Crippen molar-refractivity contribution < 1.29 is 18.7 Å². The summed E-state index contributed by atoms with van der Waals surface area (Å²) in [5, 5.41) is 8.66. The van der Waals surface area contributed by atoms with Crippen LogP contribution in [0.15, 0.2) is 10.8 Å². The molecule has 3 nitrogen and oxygen atoms in total. The fourth-order valence-corrected chi connectivity index (χ4v) is 2.05. The number of aliphatic carboxylic acids is 1. The zero-order chi connectivity index (χ0) is 12.3. The number of carboxylic acids is 1. The van der Waals surface area contributed by atoms with Crippen molar-refractivity contribution in [1.29, 1.82) is 0 Å². The van der Waals surface area contributed by atoms with Gasteiger partial charge in [0.1, 0.15) is 4.60 Å². The predicted octanol–water partition coefficient (Wildman–Crippen LogP) is 3.15. The molecule has 16 heavy (non-hydrogen) atoms. The lowest BCUT2D eigenvalue weighted by Gasteiger charge is -2.12. The molecule has 0 aliphatic rings. The first kappa shape index (κ1) is 13.3. The Morgan fingerprint density at radius 1 is 1.56 bits per heavy atom. The lowest BCUT2D eigenvalue weighted by atomic mass is 10.0. The van der Waals surface area contributed by atoms with Crippen LogP contribution in [0.3, 0.4) is 0 Å². The smallest absolute Gasteiger partial charge is 0.307 e. The molecule has 1 aromatic heterocycles. The van der Waals surface area contributed by atoms with Crippen LogP contribution in [0.25, 0.3) is 0 Å². The number of halogens is 4. The molecule has 0 aromatic carbocycles. The maximum absolute atomic E-state index is 12.6. The van der Waals surface area contributed by atoms with Gasteiger partial charge < -0.3 is 5.11 Å². The van der Waals surface area contributed by atoms with E-state index in [1.807, 2.05) is 0 Å². The van der Waals surface area contributed by atoms with Crippen LogP contribution in [0.1, 0.15) is 23.1 Å². The first-order chi connectivity index (χ1) is 7.47. The average molecular weight is 315 g/mol. The van der Waals surface area contributed by atoms with E-state index >= 15 is 0 Å². The largest absolute Gasteiger partial charge is 0.481 e. The molecule has 7 heteroatoms. The molecule has 88 valence electrons. The fourth-order valence-electron chi connectivity index (χ4n) is 1.26. The van der Waals surface area contributed by atoms with Gasteiger partial charge in [0.2, 0.25) is 0 Å². The van der Waals surface area contributed by atoms with E-state index in [1.165, 1.54) is 0 Å². The monoisotopic (exact) mass is 313 g/mol. The lowest BCUT2D eigenvalue weighted by molar-refractivity contribution is -0.136. The van der Waals surface area contributed by atoms with Gasteiger partial charge in [-0.3, -0.25) is 4.79 Å². The summed E-state index contributed by atoms with van der Waals surface area (Å²) in [6.07, 6.45) is -2.12. The molecular weight excluding hydrogens is 307 g/mol. The van der Waals surface area contributed by atoms with E-state index in [-0.39, 0.29) is 27.2 Å². The Morgan fingerprint density at radius 3 is 2.62 bits per heavy atom. The standard InChI is InChI=1S/C9H7BrClF2NO2/c10-8-4(1-7(15)16)5(2-11)6(3-14-8)9(12)13/h3,9H,1-2H2,(H,15,16). The highest BCUT2D eigenvalue weighted by Crippen LogP contribution is 2.30. The molecule has 0 atom stereocenters. The van der Waals surface area contributed by atoms with Crippen molar-refractivity contribution >= 4 is 33.5 Å². The van der Waals surface area contributed by atoms with Gasteiger partial charge in [0.25, 0.3) is 6.43 Å². The second-order valence-corrected chi connectivity index (χ2v) is 3.98. The summed E-state index contributed by atoms with van der Waals surface area (Å²) in [7, 11) is 0. The van der Waals surface area contributed by atoms with E-state index in [9.17, 15) is 13.6 Å². The Bertz CT molecular complexity index is 415. The quantitative estimate of drug-likeness (QED) is 0.686. The predicted molar refractivity (Wildman–Crippen MR) is 57.8 cm³/mol. The number of hydrogen-bond acceptors (Lipinski definition) is 2. The summed E-state index contributed by atoms with van der Waals surface area (Å²) >= 11 is 8.58. The molecule has 1 aromatic rings. The zero-order valence-electron chi connectivity index (χ0n) is 7.88. The van der Waals surface area contributed by atoms with Gasteiger partial charge in [-0.1, -0.05) is 0 Å². The van der Waals surface area contributed by atoms with Crippen LogP contribution < -0.4 is 0 Å². The van der Waals surface area contributed by atoms with Crippen LogP contribution >= 0.6 is 27.5 Å². The van der Waals surface area contributed by atoms with Crippen molar-refractivity contribution in [1.82, 2.24) is 4.98 Å². The molecule has 1 rings (SSSR count). The van der Waals surface area contributed by atoms with Crippen LogP contribution in [0.2, 0.25) is 0 Å². The maximum atomic E-state index is 12.6. The minimum absolute atomic E-state index is 0.126. The number of aromatic nitrogens is 1. The van der Waals surface area contributed by atoms with E-state index in [2.05, 4.69) is 20.9 Å². The molecule has 0 spiro atoms. The summed E-state index contributed by atoms with van der Waals surface area (Å²) in [5.74, 6) is -1.30. The molecule has 1 heterocycles. The lowest BCUT2D eigenvalue weighted by Crippen LogP contribution is -2.08. The van der Waals surface area contributed by atoms with E-state index < -0.39 is 18.8 Å². The van der Waals surface area contributed by atoms with Gasteiger partial charge in [-0.05, 0) is 21.5 Å². The number of carbonyl (C=O) groups is 1. The van der Waals surface area contributed by atoms with E-state index in [4.69, 9.17) is 16.7 Å². The number of pyridine rings is 1. The molecule has 0 fully saturated rings. The van der Waals surface area contributed by atoms with Crippen molar-refractivity contribution in [2.45, 2.75) is 18.7 Å². The first-order valence-corrected chi connectivity index (χ1v) is 5.52. The normalized spacial score (nSPS) is 10.8. The second kappa shape index (κ2) is 5.54. The minimum atomic E-state index is -2.72. The summed E-state index contributed by atoms with van der Waals surface area (Å²) in [5.41, 5.74) is -0.00399. The zero-order valence-corrected chi connectivity index (χ0v) is 10.2. The summed E-state index contributed by atoms with van der Waals surface area (Å²) in [6, 6.07) is 0. The van der Waals surface area contributed by atoms with Crippen molar-refractivity contribution in [3.05, 3.63) is 27.5 Å². The molecule has 0 amide bonds. The summed E-state index contributed by atoms with van der Waals surface area (Å²) < 4.78 is 25.4. The SMILES string of the molecule is O=C(O)Cc1c(Br)ncc(C(F)F)c1CCl. The number of alkyl halides is 3.